The van der Waals surface area contributed by atoms with Gasteiger partial charge >= 0.3 is 0 Å². The number of ketones is 1. The number of aromatic amines is 1. The summed E-state index contributed by atoms with van der Waals surface area (Å²) in [5.41, 5.74) is -0.163. The molecular weight excluding hydrogens is 222 g/mol. The van der Waals surface area contributed by atoms with Crippen LogP contribution in [0, 0.1) is 0 Å². The molecule has 0 bridgehead atoms. The second-order valence-corrected chi connectivity index (χ2v) is 3.64. The third-order valence-corrected chi connectivity index (χ3v) is 2.51. The standard InChI is InChI=1S/C12H9NO4/c1-6(14)7-2-3-8-10(4-7)13-5-9(11(8)15)12(16)17/h2-5H,1H3,(H,13,15)(H,16,17)/p-1. The summed E-state index contributed by atoms with van der Waals surface area (Å²) in [5, 5.41) is 10.9. The number of pyridine rings is 1. The molecule has 0 aliphatic rings. The van der Waals surface area contributed by atoms with E-state index in [1.165, 1.54) is 25.1 Å². The number of H-pyrrole nitrogens is 1. The predicted molar refractivity (Wildman–Crippen MR) is 58.9 cm³/mol. The minimum absolute atomic E-state index is 0.128. The molecule has 86 valence electrons. The van der Waals surface area contributed by atoms with E-state index in [1.54, 1.807) is 0 Å². The van der Waals surface area contributed by atoms with Crippen LogP contribution in [0.3, 0.4) is 0 Å². The zero-order valence-electron chi connectivity index (χ0n) is 8.94. The summed E-state index contributed by atoms with van der Waals surface area (Å²) >= 11 is 0. The Morgan fingerprint density at radius 1 is 1.29 bits per heavy atom. The van der Waals surface area contributed by atoms with Crippen LogP contribution in [0.4, 0.5) is 0 Å². The maximum absolute atomic E-state index is 11.7. The molecule has 0 unspecified atom stereocenters. The van der Waals surface area contributed by atoms with E-state index in [9.17, 15) is 19.5 Å². The van der Waals surface area contributed by atoms with Crippen LogP contribution in [0.2, 0.25) is 0 Å². The summed E-state index contributed by atoms with van der Waals surface area (Å²) in [5.74, 6) is -1.65. The van der Waals surface area contributed by atoms with Gasteiger partial charge in [-0.2, -0.15) is 0 Å². The van der Waals surface area contributed by atoms with Gasteiger partial charge in [0.25, 0.3) is 0 Å². The number of carbonyl (C=O) groups excluding carboxylic acids is 2. The van der Waals surface area contributed by atoms with E-state index in [2.05, 4.69) is 4.98 Å². The molecule has 0 fully saturated rings. The number of aromatic carboxylic acids is 1. The molecule has 5 heteroatoms. The fraction of sp³-hybridized carbons (Fsp3) is 0.0833. The fourth-order valence-electron chi connectivity index (χ4n) is 1.59. The van der Waals surface area contributed by atoms with Crippen LogP contribution in [-0.2, 0) is 0 Å². The van der Waals surface area contributed by atoms with Gasteiger partial charge in [0.1, 0.15) is 0 Å². The first-order valence-corrected chi connectivity index (χ1v) is 4.88. The number of hydrogen-bond acceptors (Lipinski definition) is 4. The Morgan fingerprint density at radius 3 is 2.59 bits per heavy atom. The van der Waals surface area contributed by atoms with Crippen LogP contribution in [0.25, 0.3) is 10.9 Å². The van der Waals surface area contributed by atoms with Crippen molar-refractivity contribution in [2.24, 2.45) is 0 Å². The van der Waals surface area contributed by atoms with Gasteiger partial charge in [0.2, 0.25) is 0 Å². The molecule has 1 aromatic heterocycles. The average Bonchev–Trinajstić information content (AvgIpc) is 2.28. The molecule has 0 saturated heterocycles. The van der Waals surface area contributed by atoms with Gasteiger partial charge in [0.15, 0.2) is 11.2 Å². The number of carbonyl (C=O) groups is 2. The monoisotopic (exact) mass is 230 g/mol. The molecule has 0 atom stereocenters. The first-order chi connectivity index (χ1) is 8.00. The normalized spacial score (nSPS) is 10.4. The number of hydrogen-bond donors (Lipinski definition) is 1. The first-order valence-electron chi connectivity index (χ1n) is 4.88. The van der Waals surface area contributed by atoms with Crippen LogP contribution < -0.4 is 10.5 Å². The van der Waals surface area contributed by atoms with Gasteiger partial charge in [-0.25, -0.2) is 0 Å². The minimum atomic E-state index is -1.52. The van der Waals surface area contributed by atoms with Crippen molar-refractivity contribution in [1.82, 2.24) is 4.98 Å². The van der Waals surface area contributed by atoms with Gasteiger partial charge in [-0.15, -0.1) is 0 Å². The van der Waals surface area contributed by atoms with Crippen molar-refractivity contribution in [1.29, 1.82) is 0 Å². The van der Waals surface area contributed by atoms with Crippen molar-refractivity contribution in [2.75, 3.05) is 0 Å². The maximum atomic E-state index is 11.7. The van der Waals surface area contributed by atoms with E-state index in [4.69, 9.17) is 0 Å². The molecule has 2 aromatic rings. The molecule has 0 spiro atoms. The van der Waals surface area contributed by atoms with E-state index in [-0.39, 0.29) is 11.2 Å². The smallest absolute Gasteiger partial charge is 0.198 e. The third kappa shape index (κ3) is 1.82. The lowest BCUT2D eigenvalue weighted by molar-refractivity contribution is -0.255. The van der Waals surface area contributed by atoms with Crippen LogP contribution in [0.5, 0.6) is 0 Å². The van der Waals surface area contributed by atoms with E-state index < -0.39 is 17.0 Å². The SMILES string of the molecule is CC(=O)c1ccc2c(=O)c(C(=O)[O-])c[nH]c2c1. The van der Waals surface area contributed by atoms with E-state index in [0.29, 0.717) is 11.1 Å². The predicted octanol–water partition coefficient (Wildman–Crippen LogP) is 0.0942. The van der Waals surface area contributed by atoms with E-state index >= 15 is 0 Å². The second kappa shape index (κ2) is 3.86. The number of carboxylic acid groups (broad SMARTS) is 1. The van der Waals surface area contributed by atoms with Gasteiger partial charge in [-0.05, 0) is 19.1 Å². The Labute approximate surface area is 95.7 Å². The lowest BCUT2D eigenvalue weighted by Crippen LogP contribution is -2.29. The lowest BCUT2D eigenvalue weighted by atomic mass is 10.1. The number of fused-ring (bicyclic) bond motifs is 1. The number of carboxylic acids is 1. The molecule has 0 aliphatic heterocycles. The molecule has 1 N–H and O–H groups in total. The largest absolute Gasteiger partial charge is 0.545 e. The summed E-state index contributed by atoms with van der Waals surface area (Å²) in [4.78, 5) is 36.2. The number of nitrogens with one attached hydrogen (secondary N) is 1. The topological polar surface area (TPSA) is 90.1 Å². The Kier molecular flexibility index (Phi) is 2.51. The minimum Gasteiger partial charge on any atom is -0.545 e. The van der Waals surface area contributed by atoms with Crippen molar-refractivity contribution in [3.63, 3.8) is 0 Å². The van der Waals surface area contributed by atoms with Crippen LogP contribution in [0.1, 0.15) is 27.6 Å². The molecule has 1 aromatic carbocycles. The van der Waals surface area contributed by atoms with Gasteiger partial charge in [0, 0.05) is 17.1 Å². The van der Waals surface area contributed by atoms with E-state index in [0.717, 1.165) is 6.20 Å². The average molecular weight is 230 g/mol. The second-order valence-electron chi connectivity index (χ2n) is 3.64. The molecule has 2 rings (SSSR count). The molecule has 1 heterocycles. The highest BCUT2D eigenvalue weighted by Gasteiger charge is 2.07. The zero-order chi connectivity index (χ0) is 12.6. The fourth-order valence-corrected chi connectivity index (χ4v) is 1.59. The van der Waals surface area contributed by atoms with Crippen LogP contribution >= 0.6 is 0 Å². The van der Waals surface area contributed by atoms with Gasteiger partial charge < -0.3 is 14.9 Å². The summed E-state index contributed by atoms with van der Waals surface area (Å²) in [6.45, 7) is 1.41. The van der Waals surface area contributed by atoms with Crippen molar-refractivity contribution < 1.29 is 14.7 Å². The highest BCUT2D eigenvalue weighted by molar-refractivity contribution is 5.98. The number of benzene rings is 1. The third-order valence-electron chi connectivity index (χ3n) is 2.51. The Hall–Kier alpha value is -2.43. The molecule has 17 heavy (non-hydrogen) atoms. The van der Waals surface area contributed by atoms with E-state index in [1.807, 2.05) is 0 Å². The van der Waals surface area contributed by atoms with Crippen molar-refractivity contribution in [3.05, 3.63) is 45.7 Å². The van der Waals surface area contributed by atoms with Crippen LogP contribution in [-0.4, -0.2) is 16.7 Å². The lowest BCUT2D eigenvalue weighted by Gasteiger charge is -2.04. The number of rotatable bonds is 2. The number of aromatic nitrogens is 1. The summed E-state index contributed by atoms with van der Waals surface area (Å²) in [6, 6.07) is 4.43. The molecule has 5 nitrogen and oxygen atoms in total. The first kappa shape index (κ1) is 11.1. The summed E-state index contributed by atoms with van der Waals surface area (Å²) < 4.78 is 0. The summed E-state index contributed by atoms with van der Waals surface area (Å²) in [7, 11) is 0. The van der Waals surface area contributed by atoms with Gasteiger partial charge in [-0.1, -0.05) is 6.07 Å². The van der Waals surface area contributed by atoms with Crippen molar-refractivity contribution >= 4 is 22.7 Å². The van der Waals surface area contributed by atoms with Crippen molar-refractivity contribution in [2.45, 2.75) is 6.92 Å². The maximum Gasteiger partial charge on any atom is 0.198 e. The van der Waals surface area contributed by atoms with Crippen molar-refractivity contribution in [3.8, 4) is 0 Å². The molecule has 0 aliphatic carbocycles. The quantitative estimate of drug-likeness (QED) is 0.740. The van der Waals surface area contributed by atoms with Gasteiger partial charge in [0.05, 0.1) is 17.0 Å². The van der Waals surface area contributed by atoms with Crippen LogP contribution in [0.15, 0.2) is 29.2 Å². The molecule has 0 radical (unpaired) electrons. The Bertz CT molecular complexity index is 684. The molecule has 0 saturated carbocycles. The van der Waals surface area contributed by atoms with Gasteiger partial charge in [-0.3, -0.25) is 9.59 Å². The Morgan fingerprint density at radius 2 is 2.00 bits per heavy atom. The highest BCUT2D eigenvalue weighted by atomic mass is 16.4. The zero-order valence-corrected chi connectivity index (χ0v) is 8.94. The molecular formula is C12H8NO4-. The number of Topliss-reactive ketones (excluding diaryl/α,β-unsaturated/α-hetero) is 1. The highest BCUT2D eigenvalue weighted by Crippen LogP contribution is 2.11. The molecule has 0 amide bonds. The Balaban J connectivity index is 2.77. The summed E-state index contributed by atoms with van der Waals surface area (Å²) in [6.07, 6.45) is 1.07.